The molecule has 1 aliphatic rings. The van der Waals surface area contributed by atoms with E-state index in [0.29, 0.717) is 12.5 Å². The number of hydrogen-bond donors (Lipinski definition) is 0. The third-order valence-electron chi connectivity index (χ3n) is 2.77. The molecule has 0 aromatic carbocycles. The lowest BCUT2D eigenvalue weighted by atomic mass is 9.88. The van der Waals surface area contributed by atoms with E-state index in [1.165, 1.54) is 6.92 Å². The standard InChI is InChI=1S/C12H22O3/c1-9(2)7-11-8-12(4,5-6-14-11)15-10(3)13/h9,11H,5-8H2,1-4H3/t11-,12+/m1/s1. The summed E-state index contributed by atoms with van der Waals surface area (Å²) in [6.07, 6.45) is 2.91. The predicted molar refractivity (Wildman–Crippen MR) is 58.6 cm³/mol. The third-order valence-corrected chi connectivity index (χ3v) is 2.77. The molecule has 2 atom stereocenters. The summed E-state index contributed by atoms with van der Waals surface area (Å²) in [6, 6.07) is 0. The molecule has 0 unspecified atom stereocenters. The van der Waals surface area contributed by atoms with Gasteiger partial charge in [-0.2, -0.15) is 0 Å². The van der Waals surface area contributed by atoms with Crippen molar-refractivity contribution in [2.75, 3.05) is 6.61 Å². The van der Waals surface area contributed by atoms with E-state index in [1.807, 2.05) is 6.92 Å². The molecule has 15 heavy (non-hydrogen) atoms. The molecule has 3 nitrogen and oxygen atoms in total. The number of carbonyl (C=O) groups excluding carboxylic acids is 1. The van der Waals surface area contributed by atoms with E-state index in [4.69, 9.17) is 9.47 Å². The number of ether oxygens (including phenoxy) is 2. The quantitative estimate of drug-likeness (QED) is 0.677. The van der Waals surface area contributed by atoms with E-state index >= 15 is 0 Å². The van der Waals surface area contributed by atoms with Gasteiger partial charge in [0.25, 0.3) is 0 Å². The minimum absolute atomic E-state index is 0.192. The van der Waals surface area contributed by atoms with Crippen LogP contribution in [0.25, 0.3) is 0 Å². The smallest absolute Gasteiger partial charge is 0.303 e. The normalized spacial score (nSPS) is 31.7. The van der Waals surface area contributed by atoms with Crippen molar-refractivity contribution in [1.82, 2.24) is 0 Å². The Bertz CT molecular complexity index is 225. The summed E-state index contributed by atoms with van der Waals surface area (Å²) < 4.78 is 11.0. The molecule has 0 spiro atoms. The van der Waals surface area contributed by atoms with E-state index in [-0.39, 0.29) is 17.7 Å². The highest BCUT2D eigenvalue weighted by Crippen LogP contribution is 2.30. The molecule has 0 aromatic rings. The van der Waals surface area contributed by atoms with Crippen LogP contribution in [-0.4, -0.2) is 24.3 Å². The second kappa shape index (κ2) is 4.97. The Morgan fingerprint density at radius 1 is 1.60 bits per heavy atom. The summed E-state index contributed by atoms with van der Waals surface area (Å²) in [5, 5.41) is 0. The molecule has 1 fully saturated rings. The van der Waals surface area contributed by atoms with Crippen LogP contribution in [0.1, 0.15) is 47.0 Å². The van der Waals surface area contributed by atoms with Gasteiger partial charge in [-0.15, -0.1) is 0 Å². The molecule has 0 amide bonds. The summed E-state index contributed by atoms with van der Waals surface area (Å²) in [4.78, 5) is 11.0. The molecule has 0 bridgehead atoms. The van der Waals surface area contributed by atoms with Crippen molar-refractivity contribution in [1.29, 1.82) is 0 Å². The Morgan fingerprint density at radius 2 is 2.27 bits per heavy atom. The zero-order valence-electron chi connectivity index (χ0n) is 10.2. The molecule has 0 radical (unpaired) electrons. The maximum absolute atomic E-state index is 11.0. The molecule has 1 heterocycles. The first kappa shape index (κ1) is 12.5. The average molecular weight is 214 g/mol. The van der Waals surface area contributed by atoms with E-state index in [1.54, 1.807) is 0 Å². The average Bonchev–Trinajstić information content (AvgIpc) is 1.99. The second-order valence-electron chi connectivity index (χ2n) is 5.12. The predicted octanol–water partition coefficient (Wildman–Crippen LogP) is 2.53. The molecule has 0 aliphatic carbocycles. The van der Waals surface area contributed by atoms with Gasteiger partial charge in [0.1, 0.15) is 5.60 Å². The molecule has 0 aromatic heterocycles. The molecule has 0 N–H and O–H groups in total. The minimum Gasteiger partial charge on any atom is -0.459 e. The molecule has 1 aliphatic heterocycles. The number of rotatable bonds is 3. The lowest BCUT2D eigenvalue weighted by Crippen LogP contribution is -2.42. The van der Waals surface area contributed by atoms with Gasteiger partial charge in [0.05, 0.1) is 12.7 Å². The van der Waals surface area contributed by atoms with Crippen molar-refractivity contribution in [3.8, 4) is 0 Å². The largest absolute Gasteiger partial charge is 0.459 e. The van der Waals surface area contributed by atoms with E-state index in [2.05, 4.69) is 13.8 Å². The molecule has 88 valence electrons. The first-order valence-corrected chi connectivity index (χ1v) is 5.72. The molecule has 0 saturated carbocycles. The van der Waals surface area contributed by atoms with Crippen LogP contribution < -0.4 is 0 Å². The van der Waals surface area contributed by atoms with E-state index < -0.39 is 0 Å². The fourth-order valence-electron chi connectivity index (χ4n) is 2.20. The highest BCUT2D eigenvalue weighted by molar-refractivity contribution is 5.66. The van der Waals surface area contributed by atoms with Gasteiger partial charge in [0.15, 0.2) is 0 Å². The summed E-state index contributed by atoms with van der Waals surface area (Å²) in [5.74, 6) is 0.428. The van der Waals surface area contributed by atoms with E-state index in [9.17, 15) is 4.79 Å². The van der Waals surface area contributed by atoms with Crippen molar-refractivity contribution in [2.24, 2.45) is 5.92 Å². The van der Waals surface area contributed by atoms with Crippen LogP contribution in [0.3, 0.4) is 0 Å². The van der Waals surface area contributed by atoms with Crippen molar-refractivity contribution in [2.45, 2.75) is 58.7 Å². The van der Waals surface area contributed by atoms with Gasteiger partial charge in [-0.3, -0.25) is 4.79 Å². The second-order valence-corrected chi connectivity index (χ2v) is 5.12. The number of hydrogen-bond acceptors (Lipinski definition) is 3. The van der Waals surface area contributed by atoms with Crippen molar-refractivity contribution in [3.63, 3.8) is 0 Å². The zero-order valence-corrected chi connectivity index (χ0v) is 10.2. The van der Waals surface area contributed by atoms with Crippen LogP contribution in [0.4, 0.5) is 0 Å². The fourth-order valence-corrected chi connectivity index (χ4v) is 2.20. The van der Waals surface area contributed by atoms with Gasteiger partial charge in [-0.05, 0) is 19.3 Å². The first-order chi connectivity index (χ1) is 6.91. The molecule has 1 saturated heterocycles. The van der Waals surface area contributed by atoms with Gasteiger partial charge >= 0.3 is 5.97 Å². The summed E-state index contributed by atoms with van der Waals surface area (Å²) in [6.45, 7) is 8.53. The van der Waals surface area contributed by atoms with Gasteiger partial charge < -0.3 is 9.47 Å². The maximum Gasteiger partial charge on any atom is 0.303 e. The van der Waals surface area contributed by atoms with Crippen LogP contribution in [0.2, 0.25) is 0 Å². The van der Waals surface area contributed by atoms with Crippen LogP contribution in [0.5, 0.6) is 0 Å². The van der Waals surface area contributed by atoms with E-state index in [0.717, 1.165) is 19.3 Å². The Balaban J connectivity index is 2.50. The van der Waals surface area contributed by atoms with Crippen molar-refractivity contribution >= 4 is 5.97 Å². The Morgan fingerprint density at radius 3 is 2.80 bits per heavy atom. The number of carbonyl (C=O) groups is 1. The maximum atomic E-state index is 11.0. The molecule has 3 heteroatoms. The first-order valence-electron chi connectivity index (χ1n) is 5.72. The van der Waals surface area contributed by atoms with Gasteiger partial charge in [-0.1, -0.05) is 13.8 Å². The third kappa shape index (κ3) is 4.20. The fraction of sp³-hybridized carbons (Fsp3) is 0.917. The molecular formula is C12H22O3. The van der Waals surface area contributed by atoms with Crippen molar-refractivity contribution in [3.05, 3.63) is 0 Å². The highest BCUT2D eigenvalue weighted by atomic mass is 16.6. The highest BCUT2D eigenvalue weighted by Gasteiger charge is 2.35. The zero-order chi connectivity index (χ0) is 11.5. The molecule has 1 rings (SSSR count). The SMILES string of the molecule is CC(=O)O[C@@]1(C)CCO[C@H](CC(C)C)C1. The summed E-state index contributed by atoms with van der Waals surface area (Å²) in [5.41, 5.74) is -0.316. The van der Waals surface area contributed by atoms with Crippen LogP contribution in [0, 0.1) is 5.92 Å². The van der Waals surface area contributed by atoms with Gasteiger partial charge in [0, 0.05) is 19.8 Å². The lowest BCUT2D eigenvalue weighted by molar-refractivity contribution is -0.170. The topological polar surface area (TPSA) is 35.5 Å². The van der Waals surface area contributed by atoms with Crippen LogP contribution in [0.15, 0.2) is 0 Å². The Kier molecular flexibility index (Phi) is 4.14. The minimum atomic E-state index is -0.316. The molecular weight excluding hydrogens is 192 g/mol. The lowest BCUT2D eigenvalue weighted by Gasteiger charge is -2.38. The Hall–Kier alpha value is -0.570. The van der Waals surface area contributed by atoms with Crippen LogP contribution >= 0.6 is 0 Å². The monoisotopic (exact) mass is 214 g/mol. The van der Waals surface area contributed by atoms with Gasteiger partial charge in [-0.25, -0.2) is 0 Å². The van der Waals surface area contributed by atoms with Gasteiger partial charge in [0.2, 0.25) is 0 Å². The van der Waals surface area contributed by atoms with Crippen LogP contribution in [-0.2, 0) is 14.3 Å². The summed E-state index contributed by atoms with van der Waals surface area (Å²) >= 11 is 0. The van der Waals surface area contributed by atoms with Crippen molar-refractivity contribution < 1.29 is 14.3 Å². The summed E-state index contributed by atoms with van der Waals surface area (Å²) in [7, 11) is 0. The Labute approximate surface area is 92.1 Å². The number of esters is 1.